The van der Waals surface area contributed by atoms with Gasteiger partial charge in [-0.2, -0.15) is 0 Å². The number of pyridine rings is 1. The normalized spacial score (nSPS) is 19.8. The van der Waals surface area contributed by atoms with Crippen LogP contribution in [-0.4, -0.2) is 65.0 Å². The fraction of sp³-hybridized carbons (Fsp3) is 0.483. The molecule has 2 saturated heterocycles. The lowest BCUT2D eigenvalue weighted by atomic mass is 9.84. The Balaban J connectivity index is 1.23. The second kappa shape index (κ2) is 10.1. The fourth-order valence-corrected chi connectivity index (χ4v) is 6.32. The Labute approximate surface area is 213 Å². The zero-order valence-electron chi connectivity index (χ0n) is 21.4. The van der Waals surface area contributed by atoms with Gasteiger partial charge in [-0.1, -0.05) is 6.42 Å². The lowest BCUT2D eigenvalue weighted by molar-refractivity contribution is 0.0707. The number of methoxy groups -OCH3 is 1. The third-order valence-electron chi connectivity index (χ3n) is 8.19. The van der Waals surface area contributed by atoms with Crippen LogP contribution in [0.2, 0.25) is 0 Å². The molecule has 1 aromatic carbocycles. The van der Waals surface area contributed by atoms with Gasteiger partial charge in [0, 0.05) is 55.1 Å². The van der Waals surface area contributed by atoms with E-state index in [-0.39, 0.29) is 0 Å². The van der Waals surface area contributed by atoms with Gasteiger partial charge < -0.3 is 19.4 Å². The molecule has 2 aliphatic heterocycles. The Morgan fingerprint density at radius 1 is 1.08 bits per heavy atom. The average molecular weight is 488 g/mol. The highest BCUT2D eigenvalue weighted by atomic mass is 16.5. The number of fused-ring (bicyclic) bond motifs is 2. The second-order valence-corrected chi connectivity index (χ2v) is 10.3. The monoisotopic (exact) mass is 487 g/mol. The van der Waals surface area contributed by atoms with Crippen LogP contribution in [0.15, 0.2) is 48.9 Å². The SMILES string of the molecule is COc1cc2c(-n3ccc4cccnc43)cn(C)c2cc1OCCN1CCCCC1C1CCNCC1. The highest BCUT2D eigenvalue weighted by Gasteiger charge is 2.30. The van der Waals surface area contributed by atoms with Crippen LogP contribution in [0, 0.1) is 5.92 Å². The van der Waals surface area contributed by atoms with Crippen LogP contribution in [0.4, 0.5) is 0 Å². The molecule has 1 atom stereocenters. The minimum Gasteiger partial charge on any atom is -0.493 e. The van der Waals surface area contributed by atoms with E-state index in [1.54, 1.807) is 7.11 Å². The third-order valence-corrected chi connectivity index (χ3v) is 8.19. The topological polar surface area (TPSA) is 56.5 Å². The van der Waals surface area contributed by atoms with E-state index in [1.807, 2.05) is 12.3 Å². The molecule has 0 radical (unpaired) electrons. The highest BCUT2D eigenvalue weighted by molar-refractivity contribution is 5.93. The molecule has 5 heterocycles. The molecule has 190 valence electrons. The molecule has 0 bridgehead atoms. The molecule has 0 aliphatic carbocycles. The van der Waals surface area contributed by atoms with Crippen molar-refractivity contribution in [3.8, 4) is 17.2 Å². The Morgan fingerprint density at radius 3 is 2.83 bits per heavy atom. The van der Waals surface area contributed by atoms with Crippen LogP contribution in [0.1, 0.15) is 32.1 Å². The molecular weight excluding hydrogens is 450 g/mol. The summed E-state index contributed by atoms with van der Waals surface area (Å²) in [7, 11) is 3.81. The van der Waals surface area contributed by atoms with Crippen molar-refractivity contribution in [2.75, 3.05) is 39.9 Å². The van der Waals surface area contributed by atoms with Gasteiger partial charge in [0.05, 0.1) is 18.3 Å². The van der Waals surface area contributed by atoms with E-state index in [0.29, 0.717) is 12.6 Å². The zero-order valence-corrected chi connectivity index (χ0v) is 21.4. The Morgan fingerprint density at radius 2 is 1.97 bits per heavy atom. The predicted octanol–water partition coefficient (Wildman–Crippen LogP) is 4.76. The number of rotatable bonds is 7. The third kappa shape index (κ3) is 4.35. The summed E-state index contributed by atoms with van der Waals surface area (Å²) in [5.41, 5.74) is 3.16. The van der Waals surface area contributed by atoms with E-state index < -0.39 is 0 Å². The van der Waals surface area contributed by atoms with Crippen LogP contribution >= 0.6 is 0 Å². The molecule has 7 heteroatoms. The van der Waals surface area contributed by atoms with Crippen LogP contribution in [0.25, 0.3) is 27.6 Å². The molecule has 36 heavy (non-hydrogen) atoms. The van der Waals surface area contributed by atoms with Crippen molar-refractivity contribution >= 4 is 21.9 Å². The van der Waals surface area contributed by atoms with Crippen molar-refractivity contribution < 1.29 is 9.47 Å². The van der Waals surface area contributed by atoms with Gasteiger partial charge in [0.15, 0.2) is 11.5 Å². The molecular formula is C29H37N5O2. The number of aromatic nitrogens is 3. The van der Waals surface area contributed by atoms with E-state index in [1.165, 1.54) is 38.6 Å². The molecule has 0 amide bonds. The summed E-state index contributed by atoms with van der Waals surface area (Å²) in [6.07, 6.45) is 12.7. The highest BCUT2D eigenvalue weighted by Crippen LogP contribution is 2.37. The number of aryl methyl sites for hydroxylation is 1. The van der Waals surface area contributed by atoms with E-state index in [4.69, 9.17) is 9.47 Å². The molecule has 2 aliphatic rings. The van der Waals surface area contributed by atoms with E-state index in [9.17, 15) is 0 Å². The molecule has 0 saturated carbocycles. The largest absolute Gasteiger partial charge is 0.493 e. The number of benzene rings is 1. The van der Waals surface area contributed by atoms with E-state index in [2.05, 4.69) is 68.0 Å². The van der Waals surface area contributed by atoms with Crippen LogP contribution in [-0.2, 0) is 7.05 Å². The summed E-state index contributed by atoms with van der Waals surface area (Å²) >= 11 is 0. The lowest BCUT2D eigenvalue weighted by Gasteiger charge is -2.42. The van der Waals surface area contributed by atoms with Crippen molar-refractivity contribution in [2.24, 2.45) is 13.0 Å². The second-order valence-electron chi connectivity index (χ2n) is 10.3. The Kier molecular flexibility index (Phi) is 6.59. The van der Waals surface area contributed by atoms with Crippen molar-refractivity contribution in [1.29, 1.82) is 0 Å². The Bertz CT molecular complexity index is 1340. The summed E-state index contributed by atoms with van der Waals surface area (Å²) in [6.45, 7) is 5.16. The summed E-state index contributed by atoms with van der Waals surface area (Å²) < 4.78 is 16.5. The first-order valence-corrected chi connectivity index (χ1v) is 13.4. The summed E-state index contributed by atoms with van der Waals surface area (Å²) in [6, 6.07) is 11.1. The van der Waals surface area contributed by atoms with Gasteiger partial charge in [-0.25, -0.2) is 4.98 Å². The molecule has 2 fully saturated rings. The maximum Gasteiger partial charge on any atom is 0.163 e. The molecule has 1 unspecified atom stereocenters. The molecule has 7 nitrogen and oxygen atoms in total. The fourth-order valence-electron chi connectivity index (χ4n) is 6.32. The van der Waals surface area contributed by atoms with Gasteiger partial charge in [0.25, 0.3) is 0 Å². The lowest BCUT2D eigenvalue weighted by Crippen LogP contribution is -2.48. The van der Waals surface area contributed by atoms with Gasteiger partial charge in [0.2, 0.25) is 0 Å². The minimum absolute atomic E-state index is 0.673. The van der Waals surface area contributed by atoms with Crippen molar-refractivity contribution in [3.05, 3.63) is 48.9 Å². The number of nitrogens with zero attached hydrogens (tertiary/aromatic N) is 4. The van der Waals surface area contributed by atoms with Gasteiger partial charge in [0.1, 0.15) is 12.3 Å². The summed E-state index contributed by atoms with van der Waals surface area (Å²) in [5.74, 6) is 2.40. The molecule has 1 N–H and O–H groups in total. The van der Waals surface area contributed by atoms with E-state index in [0.717, 1.165) is 64.7 Å². The molecule has 3 aromatic heterocycles. The number of piperidine rings is 2. The average Bonchev–Trinajstić information content (AvgIpc) is 3.49. The summed E-state index contributed by atoms with van der Waals surface area (Å²) in [4.78, 5) is 7.30. The number of ether oxygens (including phenoxy) is 2. The molecule has 0 spiro atoms. The smallest absolute Gasteiger partial charge is 0.163 e. The first kappa shape index (κ1) is 23.4. The van der Waals surface area contributed by atoms with Crippen molar-refractivity contribution in [1.82, 2.24) is 24.3 Å². The summed E-state index contributed by atoms with van der Waals surface area (Å²) in [5, 5.41) is 5.76. The quantitative estimate of drug-likeness (QED) is 0.407. The van der Waals surface area contributed by atoms with Crippen LogP contribution in [0.5, 0.6) is 11.5 Å². The first-order chi connectivity index (χ1) is 17.7. The van der Waals surface area contributed by atoms with Crippen molar-refractivity contribution in [3.63, 3.8) is 0 Å². The Hall–Kier alpha value is -3.03. The number of likely N-dealkylation sites (tertiary alicyclic amines) is 1. The van der Waals surface area contributed by atoms with Crippen LogP contribution < -0.4 is 14.8 Å². The van der Waals surface area contributed by atoms with Gasteiger partial charge in [-0.15, -0.1) is 0 Å². The van der Waals surface area contributed by atoms with Gasteiger partial charge in [-0.05, 0) is 75.5 Å². The maximum atomic E-state index is 6.39. The molecule has 6 rings (SSSR count). The number of hydrogen-bond donors (Lipinski definition) is 1. The van der Waals surface area contributed by atoms with Crippen LogP contribution in [0.3, 0.4) is 0 Å². The maximum absolute atomic E-state index is 6.39. The standard InChI is InChI=1S/C29H37N5O2/c1-32-20-26(34-15-10-22-6-5-11-31-29(22)34)23-18-27(35-2)28(19-25(23)32)36-17-16-33-14-4-3-7-24(33)21-8-12-30-13-9-21/h5-6,10-11,15,18-21,24,30H,3-4,7-9,12-14,16-17H2,1-2H3. The zero-order chi connectivity index (χ0) is 24.5. The number of nitrogens with one attached hydrogen (secondary N) is 1. The van der Waals surface area contributed by atoms with Crippen molar-refractivity contribution in [2.45, 2.75) is 38.1 Å². The molecule has 4 aromatic rings. The van der Waals surface area contributed by atoms with Gasteiger partial charge in [-0.3, -0.25) is 9.47 Å². The van der Waals surface area contributed by atoms with E-state index >= 15 is 0 Å². The minimum atomic E-state index is 0.673. The number of hydrogen-bond acceptors (Lipinski definition) is 5. The predicted molar refractivity (Wildman–Crippen MR) is 144 cm³/mol. The van der Waals surface area contributed by atoms with Gasteiger partial charge >= 0.3 is 0 Å². The first-order valence-electron chi connectivity index (χ1n) is 13.4.